The van der Waals surface area contributed by atoms with E-state index in [-0.39, 0.29) is 5.69 Å². The predicted octanol–water partition coefficient (Wildman–Crippen LogP) is 3.04. The molecule has 4 nitrogen and oxygen atoms in total. The molecule has 1 N–H and O–H groups in total. The number of hydrogen-bond donors (Lipinski definition) is 1. The Morgan fingerprint density at radius 1 is 1.44 bits per heavy atom. The van der Waals surface area contributed by atoms with Crippen molar-refractivity contribution in [3.63, 3.8) is 0 Å². The largest absolute Gasteiger partial charge is 0.382 e. The molecule has 0 spiro atoms. The van der Waals surface area contributed by atoms with E-state index in [1.165, 1.54) is 0 Å². The number of thioether (sulfide) groups is 1. The summed E-state index contributed by atoms with van der Waals surface area (Å²) < 4.78 is 26.5. The van der Waals surface area contributed by atoms with Crippen molar-refractivity contribution in [1.82, 2.24) is 0 Å². The lowest BCUT2D eigenvalue weighted by molar-refractivity contribution is -0.387. The van der Waals surface area contributed by atoms with Gasteiger partial charge in [0.2, 0.25) is 5.82 Å². The topological polar surface area (TPSA) is 55.2 Å². The number of hydrogen-bond acceptors (Lipinski definition) is 4. The molecule has 18 heavy (non-hydrogen) atoms. The highest BCUT2D eigenvalue weighted by Gasteiger charge is 2.20. The van der Waals surface area contributed by atoms with Gasteiger partial charge >= 0.3 is 5.69 Å². The van der Waals surface area contributed by atoms with E-state index in [9.17, 15) is 18.9 Å². The van der Waals surface area contributed by atoms with E-state index in [4.69, 9.17) is 0 Å². The standard InChI is InChI=1S/C11H12F2N2O2S/c12-8-3-9(13)11(15(16)17)4-10(8)14-5-7-1-2-18-6-7/h3-4,7,14H,1-2,5-6H2. The molecule has 1 saturated heterocycles. The Labute approximate surface area is 107 Å². The predicted molar refractivity (Wildman–Crippen MR) is 66.9 cm³/mol. The van der Waals surface area contributed by atoms with Crippen molar-refractivity contribution < 1.29 is 13.7 Å². The first-order valence-corrected chi connectivity index (χ1v) is 6.68. The van der Waals surface area contributed by atoms with Crippen LogP contribution in [0.5, 0.6) is 0 Å². The molecule has 0 amide bonds. The molecule has 1 aliphatic rings. The lowest BCUT2D eigenvalue weighted by atomic mass is 10.1. The minimum Gasteiger partial charge on any atom is -0.382 e. The lowest BCUT2D eigenvalue weighted by Gasteiger charge is -2.11. The average Bonchev–Trinajstić information content (AvgIpc) is 2.80. The summed E-state index contributed by atoms with van der Waals surface area (Å²) in [4.78, 5) is 9.70. The van der Waals surface area contributed by atoms with Crippen molar-refractivity contribution >= 4 is 23.1 Å². The quantitative estimate of drug-likeness (QED) is 0.677. The summed E-state index contributed by atoms with van der Waals surface area (Å²) in [6.07, 6.45) is 1.04. The number of nitro groups is 1. The van der Waals surface area contributed by atoms with Crippen LogP contribution >= 0.6 is 11.8 Å². The molecule has 1 atom stereocenters. The van der Waals surface area contributed by atoms with Crippen LogP contribution in [0.3, 0.4) is 0 Å². The van der Waals surface area contributed by atoms with E-state index in [1.54, 1.807) is 0 Å². The number of nitro benzene ring substituents is 1. The SMILES string of the molecule is O=[N+]([O-])c1cc(NCC2CCSC2)c(F)cc1F. The average molecular weight is 274 g/mol. The molecule has 1 heterocycles. The summed E-state index contributed by atoms with van der Waals surface area (Å²) in [6, 6.07) is 1.45. The van der Waals surface area contributed by atoms with Crippen LogP contribution in [0, 0.1) is 27.7 Å². The maximum atomic E-state index is 13.4. The van der Waals surface area contributed by atoms with Crippen molar-refractivity contribution in [2.24, 2.45) is 5.92 Å². The second-order valence-electron chi connectivity index (χ2n) is 4.15. The van der Waals surface area contributed by atoms with Gasteiger partial charge in [-0.05, 0) is 23.8 Å². The van der Waals surface area contributed by atoms with Gasteiger partial charge in [-0.25, -0.2) is 4.39 Å². The number of rotatable bonds is 4. The van der Waals surface area contributed by atoms with Gasteiger partial charge in [0.15, 0.2) is 0 Å². The zero-order valence-electron chi connectivity index (χ0n) is 9.49. The van der Waals surface area contributed by atoms with Crippen LogP contribution < -0.4 is 5.32 Å². The fraction of sp³-hybridized carbons (Fsp3) is 0.455. The van der Waals surface area contributed by atoms with Gasteiger partial charge in [0, 0.05) is 18.7 Å². The molecule has 1 aromatic carbocycles. The van der Waals surface area contributed by atoms with E-state index >= 15 is 0 Å². The van der Waals surface area contributed by atoms with Crippen LogP contribution in [-0.4, -0.2) is 23.0 Å². The van der Waals surface area contributed by atoms with Crippen LogP contribution in [0.4, 0.5) is 20.2 Å². The minimum absolute atomic E-state index is 0.0139. The van der Waals surface area contributed by atoms with Crippen molar-refractivity contribution in [3.05, 3.63) is 33.9 Å². The van der Waals surface area contributed by atoms with Gasteiger partial charge in [0.1, 0.15) is 5.82 Å². The second-order valence-corrected chi connectivity index (χ2v) is 5.30. The molecule has 1 aromatic rings. The van der Waals surface area contributed by atoms with Gasteiger partial charge in [-0.15, -0.1) is 0 Å². The minimum atomic E-state index is -1.15. The first-order valence-electron chi connectivity index (χ1n) is 5.53. The molecule has 0 radical (unpaired) electrons. The van der Waals surface area contributed by atoms with Gasteiger partial charge in [-0.1, -0.05) is 0 Å². The first kappa shape index (κ1) is 13.1. The molecule has 0 bridgehead atoms. The second kappa shape index (κ2) is 5.51. The Kier molecular flexibility index (Phi) is 4.00. The van der Waals surface area contributed by atoms with Gasteiger partial charge in [0.05, 0.1) is 10.6 Å². The molecule has 0 aromatic heterocycles. The van der Waals surface area contributed by atoms with Crippen molar-refractivity contribution in [2.45, 2.75) is 6.42 Å². The summed E-state index contributed by atoms with van der Waals surface area (Å²) in [5.74, 6) is 0.553. The van der Waals surface area contributed by atoms with Gasteiger partial charge in [-0.2, -0.15) is 16.2 Å². The van der Waals surface area contributed by atoms with Crippen LogP contribution in [0.1, 0.15) is 6.42 Å². The van der Waals surface area contributed by atoms with Gasteiger partial charge in [0.25, 0.3) is 0 Å². The summed E-state index contributed by atoms with van der Waals surface area (Å²) in [5.41, 5.74) is -0.723. The Balaban J connectivity index is 2.11. The highest BCUT2D eigenvalue weighted by molar-refractivity contribution is 7.99. The molecule has 2 rings (SSSR count). The van der Waals surface area contributed by atoms with Gasteiger partial charge in [-0.3, -0.25) is 10.1 Å². The molecular weight excluding hydrogens is 262 g/mol. The fourth-order valence-electron chi connectivity index (χ4n) is 1.81. The zero-order valence-corrected chi connectivity index (χ0v) is 10.3. The Morgan fingerprint density at radius 2 is 2.22 bits per heavy atom. The van der Waals surface area contributed by atoms with E-state index in [1.807, 2.05) is 11.8 Å². The first-order chi connectivity index (χ1) is 8.58. The van der Waals surface area contributed by atoms with E-state index < -0.39 is 22.2 Å². The molecule has 1 fully saturated rings. The van der Waals surface area contributed by atoms with Crippen molar-refractivity contribution in [1.29, 1.82) is 0 Å². The zero-order chi connectivity index (χ0) is 13.1. The fourth-order valence-corrected chi connectivity index (χ4v) is 3.10. The molecule has 7 heteroatoms. The Hall–Kier alpha value is -1.37. The van der Waals surface area contributed by atoms with Crippen LogP contribution in [-0.2, 0) is 0 Å². The Bertz CT molecular complexity index is 465. The molecule has 1 aliphatic heterocycles. The van der Waals surface area contributed by atoms with Crippen LogP contribution in [0.2, 0.25) is 0 Å². The van der Waals surface area contributed by atoms with Crippen molar-refractivity contribution in [2.75, 3.05) is 23.4 Å². The molecule has 0 saturated carbocycles. The number of anilines is 1. The highest BCUT2D eigenvalue weighted by Crippen LogP contribution is 2.27. The smallest absolute Gasteiger partial charge is 0.307 e. The molecule has 0 aliphatic carbocycles. The third kappa shape index (κ3) is 2.90. The van der Waals surface area contributed by atoms with E-state index in [2.05, 4.69) is 5.32 Å². The number of benzene rings is 1. The number of halogens is 2. The Morgan fingerprint density at radius 3 is 2.83 bits per heavy atom. The maximum Gasteiger partial charge on any atom is 0.307 e. The van der Waals surface area contributed by atoms with E-state index in [0.717, 1.165) is 24.0 Å². The van der Waals surface area contributed by atoms with Gasteiger partial charge < -0.3 is 5.32 Å². The molecule has 98 valence electrons. The summed E-state index contributed by atoms with van der Waals surface area (Å²) >= 11 is 1.83. The normalized spacial score (nSPS) is 18.9. The lowest BCUT2D eigenvalue weighted by Crippen LogP contribution is -2.14. The molecular formula is C11H12F2N2O2S. The number of nitrogens with one attached hydrogen (secondary N) is 1. The third-order valence-electron chi connectivity index (χ3n) is 2.84. The highest BCUT2D eigenvalue weighted by atomic mass is 32.2. The summed E-state index contributed by atoms with van der Waals surface area (Å²) in [6.45, 7) is 0.548. The maximum absolute atomic E-state index is 13.4. The summed E-state index contributed by atoms with van der Waals surface area (Å²) in [5, 5.41) is 13.4. The molecule has 1 unspecified atom stereocenters. The summed E-state index contributed by atoms with van der Waals surface area (Å²) in [7, 11) is 0. The third-order valence-corrected chi connectivity index (χ3v) is 4.07. The van der Waals surface area contributed by atoms with Crippen LogP contribution in [0.15, 0.2) is 12.1 Å². The monoisotopic (exact) mass is 274 g/mol. The number of nitrogens with zero attached hydrogens (tertiary/aromatic N) is 1. The van der Waals surface area contributed by atoms with E-state index in [0.29, 0.717) is 18.5 Å². The van der Waals surface area contributed by atoms with Crippen LogP contribution in [0.25, 0.3) is 0 Å². The van der Waals surface area contributed by atoms with Crippen molar-refractivity contribution in [3.8, 4) is 0 Å².